The molecule has 0 fully saturated rings. The Hall–Kier alpha value is -0.770. The molecule has 0 rings (SSSR count). The van der Waals surface area contributed by atoms with Crippen LogP contribution >= 0.6 is 0 Å². The Bertz CT molecular complexity index is 169. The smallest absolute Gasteiger partial charge is 0.320 e. The number of amides is 2. The average molecular weight is 215 g/mol. The van der Waals surface area contributed by atoms with Crippen molar-refractivity contribution >= 4 is 6.03 Å². The quantitative estimate of drug-likeness (QED) is 0.700. The molecular weight excluding hydrogens is 190 g/mol. The van der Waals surface area contributed by atoms with E-state index in [9.17, 15) is 4.79 Å². The van der Waals surface area contributed by atoms with Gasteiger partial charge in [0.1, 0.15) is 0 Å². The van der Waals surface area contributed by atoms with Gasteiger partial charge < -0.3 is 15.5 Å². The number of rotatable bonds is 7. The highest BCUT2D eigenvalue weighted by atomic mass is 16.2. The zero-order valence-corrected chi connectivity index (χ0v) is 10.3. The molecule has 0 aliphatic heterocycles. The summed E-state index contributed by atoms with van der Waals surface area (Å²) in [5.74, 6) is 0. The molecule has 2 amide bonds. The Labute approximate surface area is 93.4 Å². The zero-order valence-electron chi connectivity index (χ0n) is 10.3. The SMILES string of the molecule is CCCCN(CCN)C(=O)N(CC)CC. The van der Waals surface area contributed by atoms with Crippen molar-refractivity contribution in [2.75, 3.05) is 32.7 Å². The second-order valence-electron chi connectivity index (χ2n) is 3.58. The number of nitrogens with zero attached hydrogens (tertiary/aromatic N) is 2. The van der Waals surface area contributed by atoms with Gasteiger partial charge in [0.25, 0.3) is 0 Å². The fraction of sp³-hybridized carbons (Fsp3) is 0.909. The maximum atomic E-state index is 12.0. The number of unbranched alkanes of at least 4 members (excludes halogenated alkanes) is 1. The lowest BCUT2D eigenvalue weighted by Gasteiger charge is -2.29. The predicted molar refractivity (Wildman–Crippen MR) is 63.9 cm³/mol. The molecule has 0 aliphatic rings. The summed E-state index contributed by atoms with van der Waals surface area (Å²) in [6, 6.07) is 0.124. The predicted octanol–water partition coefficient (Wildman–Crippen LogP) is 1.51. The lowest BCUT2D eigenvalue weighted by Crippen LogP contribution is -2.45. The third kappa shape index (κ3) is 5.02. The van der Waals surface area contributed by atoms with E-state index in [-0.39, 0.29) is 6.03 Å². The van der Waals surface area contributed by atoms with Crippen molar-refractivity contribution in [3.8, 4) is 0 Å². The normalized spacial score (nSPS) is 10.1. The molecule has 0 atom stereocenters. The van der Waals surface area contributed by atoms with Gasteiger partial charge in [-0.15, -0.1) is 0 Å². The molecule has 0 aliphatic carbocycles. The van der Waals surface area contributed by atoms with Gasteiger partial charge in [0, 0.05) is 32.7 Å². The molecule has 2 N–H and O–H groups in total. The summed E-state index contributed by atoms with van der Waals surface area (Å²) in [5.41, 5.74) is 5.51. The number of hydrogen-bond donors (Lipinski definition) is 1. The highest BCUT2D eigenvalue weighted by Gasteiger charge is 2.16. The van der Waals surface area contributed by atoms with E-state index in [1.165, 1.54) is 0 Å². The third-order valence-corrected chi connectivity index (χ3v) is 2.49. The summed E-state index contributed by atoms with van der Waals surface area (Å²) in [6.07, 6.45) is 2.15. The molecule has 4 nitrogen and oxygen atoms in total. The standard InChI is InChI=1S/C11H25N3O/c1-4-7-9-14(10-8-12)11(15)13(5-2)6-3/h4-10,12H2,1-3H3. The van der Waals surface area contributed by atoms with Crippen LogP contribution in [-0.2, 0) is 0 Å². The molecule has 15 heavy (non-hydrogen) atoms. The molecule has 0 heterocycles. The molecule has 0 spiro atoms. The minimum absolute atomic E-state index is 0.124. The summed E-state index contributed by atoms with van der Waals surface area (Å²) < 4.78 is 0. The maximum absolute atomic E-state index is 12.0. The van der Waals surface area contributed by atoms with Gasteiger partial charge in [-0.25, -0.2) is 4.79 Å². The van der Waals surface area contributed by atoms with Gasteiger partial charge in [-0.05, 0) is 20.3 Å². The van der Waals surface area contributed by atoms with Gasteiger partial charge >= 0.3 is 6.03 Å². The van der Waals surface area contributed by atoms with Crippen LogP contribution in [0.2, 0.25) is 0 Å². The summed E-state index contributed by atoms with van der Waals surface area (Å²) in [7, 11) is 0. The zero-order chi connectivity index (χ0) is 11.7. The molecule has 0 bridgehead atoms. The number of nitrogens with two attached hydrogens (primary N) is 1. The highest BCUT2D eigenvalue weighted by molar-refractivity contribution is 5.74. The minimum atomic E-state index is 0.124. The second-order valence-corrected chi connectivity index (χ2v) is 3.58. The second kappa shape index (κ2) is 8.53. The molecule has 0 radical (unpaired) electrons. The lowest BCUT2D eigenvalue weighted by molar-refractivity contribution is 0.158. The minimum Gasteiger partial charge on any atom is -0.329 e. The Balaban J connectivity index is 4.24. The van der Waals surface area contributed by atoms with Crippen molar-refractivity contribution in [1.82, 2.24) is 9.80 Å². The van der Waals surface area contributed by atoms with Crippen LogP contribution in [0.15, 0.2) is 0 Å². The van der Waals surface area contributed by atoms with Crippen LogP contribution in [0.5, 0.6) is 0 Å². The van der Waals surface area contributed by atoms with E-state index in [0.717, 1.165) is 32.5 Å². The number of urea groups is 1. The molecule has 0 unspecified atom stereocenters. The van der Waals surface area contributed by atoms with Crippen LogP contribution in [-0.4, -0.2) is 48.6 Å². The fourth-order valence-electron chi connectivity index (χ4n) is 1.50. The number of carbonyl (C=O) groups is 1. The molecule has 0 saturated carbocycles. The largest absolute Gasteiger partial charge is 0.329 e. The van der Waals surface area contributed by atoms with E-state index >= 15 is 0 Å². The molecule has 0 aromatic rings. The Kier molecular flexibility index (Phi) is 8.09. The van der Waals surface area contributed by atoms with Gasteiger partial charge in [0.15, 0.2) is 0 Å². The van der Waals surface area contributed by atoms with Crippen molar-refractivity contribution in [3.05, 3.63) is 0 Å². The Morgan fingerprint density at radius 2 is 1.67 bits per heavy atom. The van der Waals surface area contributed by atoms with Crippen molar-refractivity contribution in [2.45, 2.75) is 33.6 Å². The van der Waals surface area contributed by atoms with E-state index in [4.69, 9.17) is 5.73 Å². The number of carbonyl (C=O) groups excluding carboxylic acids is 1. The van der Waals surface area contributed by atoms with Crippen LogP contribution in [0, 0.1) is 0 Å². The average Bonchev–Trinajstić information content (AvgIpc) is 2.25. The monoisotopic (exact) mass is 215 g/mol. The third-order valence-electron chi connectivity index (χ3n) is 2.49. The summed E-state index contributed by atoms with van der Waals surface area (Å²) in [4.78, 5) is 15.7. The molecule has 0 aromatic carbocycles. The lowest BCUT2D eigenvalue weighted by atomic mass is 10.3. The first-order valence-corrected chi connectivity index (χ1v) is 5.95. The van der Waals surface area contributed by atoms with Gasteiger partial charge in [0.05, 0.1) is 0 Å². The molecule has 0 saturated heterocycles. The number of hydrogen-bond acceptors (Lipinski definition) is 2. The molecule has 4 heteroatoms. The van der Waals surface area contributed by atoms with Crippen molar-refractivity contribution in [2.24, 2.45) is 5.73 Å². The van der Waals surface area contributed by atoms with Crippen LogP contribution in [0.4, 0.5) is 4.79 Å². The van der Waals surface area contributed by atoms with E-state index in [0.29, 0.717) is 13.1 Å². The van der Waals surface area contributed by atoms with Crippen molar-refractivity contribution in [3.63, 3.8) is 0 Å². The van der Waals surface area contributed by atoms with E-state index in [1.807, 2.05) is 23.6 Å². The fourth-order valence-corrected chi connectivity index (χ4v) is 1.50. The topological polar surface area (TPSA) is 49.6 Å². The van der Waals surface area contributed by atoms with Gasteiger partial charge in [0.2, 0.25) is 0 Å². The first kappa shape index (κ1) is 14.2. The van der Waals surface area contributed by atoms with Crippen molar-refractivity contribution < 1.29 is 4.79 Å². The first-order valence-electron chi connectivity index (χ1n) is 5.95. The van der Waals surface area contributed by atoms with E-state index in [1.54, 1.807) is 0 Å². The summed E-state index contributed by atoms with van der Waals surface area (Å²) in [5, 5.41) is 0. The van der Waals surface area contributed by atoms with Gasteiger partial charge in [-0.2, -0.15) is 0 Å². The van der Waals surface area contributed by atoms with Crippen LogP contribution < -0.4 is 5.73 Å². The maximum Gasteiger partial charge on any atom is 0.320 e. The van der Waals surface area contributed by atoms with E-state index < -0.39 is 0 Å². The summed E-state index contributed by atoms with van der Waals surface area (Å²) >= 11 is 0. The molecular formula is C11H25N3O. The highest BCUT2D eigenvalue weighted by Crippen LogP contribution is 2.01. The summed E-state index contributed by atoms with van der Waals surface area (Å²) in [6.45, 7) is 9.69. The van der Waals surface area contributed by atoms with Crippen LogP contribution in [0.1, 0.15) is 33.6 Å². The molecule has 0 aromatic heterocycles. The van der Waals surface area contributed by atoms with Crippen molar-refractivity contribution in [1.29, 1.82) is 0 Å². The first-order chi connectivity index (χ1) is 7.21. The van der Waals surface area contributed by atoms with Gasteiger partial charge in [-0.3, -0.25) is 0 Å². The Morgan fingerprint density at radius 3 is 2.07 bits per heavy atom. The van der Waals surface area contributed by atoms with Crippen LogP contribution in [0.3, 0.4) is 0 Å². The Morgan fingerprint density at radius 1 is 1.07 bits per heavy atom. The van der Waals surface area contributed by atoms with E-state index in [2.05, 4.69) is 6.92 Å². The van der Waals surface area contributed by atoms with Gasteiger partial charge in [-0.1, -0.05) is 13.3 Å². The molecule has 90 valence electrons. The van der Waals surface area contributed by atoms with Crippen LogP contribution in [0.25, 0.3) is 0 Å².